The highest BCUT2D eigenvalue weighted by Crippen LogP contribution is 2.27. The van der Waals surface area contributed by atoms with E-state index in [1.807, 2.05) is 19.3 Å². The van der Waals surface area contributed by atoms with Crippen LogP contribution in [-0.2, 0) is 13.1 Å². The van der Waals surface area contributed by atoms with E-state index in [-0.39, 0.29) is 0 Å². The van der Waals surface area contributed by atoms with Gasteiger partial charge in [-0.15, -0.1) is 0 Å². The minimum atomic E-state index is 0.773. The maximum absolute atomic E-state index is 6.20. The van der Waals surface area contributed by atoms with Crippen molar-refractivity contribution in [2.24, 2.45) is 0 Å². The Hall–Kier alpha value is -1.32. The molecule has 0 saturated heterocycles. The van der Waals surface area contributed by atoms with Crippen LogP contribution in [0.5, 0.6) is 0 Å². The van der Waals surface area contributed by atoms with Crippen molar-refractivity contribution in [3.8, 4) is 11.1 Å². The molecule has 2 rings (SSSR count). The molecule has 0 radical (unpaired) electrons. The second kappa shape index (κ2) is 6.22. The Morgan fingerprint density at radius 3 is 2.84 bits per heavy atom. The summed E-state index contributed by atoms with van der Waals surface area (Å²) in [5.74, 6) is 0. The SMILES string of the molecule is CCCn1ncc(-c2ccc(Cl)c(CNC)c2)c1C. The van der Waals surface area contributed by atoms with E-state index in [4.69, 9.17) is 11.6 Å². The summed E-state index contributed by atoms with van der Waals surface area (Å²) in [5, 5.41) is 8.39. The van der Waals surface area contributed by atoms with E-state index >= 15 is 0 Å². The minimum Gasteiger partial charge on any atom is -0.316 e. The predicted molar refractivity (Wildman–Crippen MR) is 80.5 cm³/mol. The van der Waals surface area contributed by atoms with E-state index in [0.717, 1.165) is 30.1 Å². The fourth-order valence-corrected chi connectivity index (χ4v) is 2.42. The number of hydrogen-bond acceptors (Lipinski definition) is 2. The van der Waals surface area contributed by atoms with E-state index in [1.54, 1.807) is 0 Å². The Kier molecular flexibility index (Phi) is 4.61. The zero-order valence-electron chi connectivity index (χ0n) is 11.7. The quantitative estimate of drug-likeness (QED) is 0.904. The van der Waals surface area contributed by atoms with Crippen LogP contribution in [0.2, 0.25) is 5.02 Å². The summed E-state index contributed by atoms with van der Waals surface area (Å²) in [4.78, 5) is 0. The van der Waals surface area contributed by atoms with Gasteiger partial charge in [-0.2, -0.15) is 5.10 Å². The van der Waals surface area contributed by atoms with Gasteiger partial charge in [0, 0.05) is 29.4 Å². The van der Waals surface area contributed by atoms with Crippen LogP contribution in [0.15, 0.2) is 24.4 Å². The van der Waals surface area contributed by atoms with Crippen LogP contribution < -0.4 is 5.32 Å². The molecule has 0 aliphatic rings. The van der Waals surface area contributed by atoms with Crippen molar-refractivity contribution < 1.29 is 0 Å². The molecule has 0 saturated carbocycles. The van der Waals surface area contributed by atoms with Crippen molar-refractivity contribution in [2.45, 2.75) is 33.4 Å². The van der Waals surface area contributed by atoms with Crippen molar-refractivity contribution in [1.29, 1.82) is 0 Å². The largest absolute Gasteiger partial charge is 0.316 e. The predicted octanol–water partition coefficient (Wildman–Crippen LogP) is 3.64. The summed E-state index contributed by atoms with van der Waals surface area (Å²) < 4.78 is 2.06. The molecule has 1 N–H and O–H groups in total. The zero-order chi connectivity index (χ0) is 13.8. The molecule has 0 amide bonds. The van der Waals surface area contributed by atoms with Gasteiger partial charge in [-0.3, -0.25) is 4.68 Å². The molecule has 0 bridgehead atoms. The van der Waals surface area contributed by atoms with Crippen LogP contribution in [0.25, 0.3) is 11.1 Å². The van der Waals surface area contributed by atoms with Crippen molar-refractivity contribution in [3.05, 3.63) is 40.7 Å². The topological polar surface area (TPSA) is 29.9 Å². The molecule has 19 heavy (non-hydrogen) atoms. The van der Waals surface area contributed by atoms with Crippen molar-refractivity contribution >= 4 is 11.6 Å². The average molecular weight is 278 g/mol. The molecule has 1 aromatic heterocycles. The first-order chi connectivity index (χ1) is 9.17. The second-order valence-electron chi connectivity index (χ2n) is 4.70. The van der Waals surface area contributed by atoms with E-state index in [1.165, 1.54) is 16.8 Å². The summed E-state index contributed by atoms with van der Waals surface area (Å²) in [6, 6.07) is 6.15. The fraction of sp³-hybridized carbons (Fsp3) is 0.400. The van der Waals surface area contributed by atoms with Crippen molar-refractivity contribution in [2.75, 3.05) is 7.05 Å². The summed E-state index contributed by atoms with van der Waals surface area (Å²) in [5.41, 5.74) is 4.68. The molecular weight excluding hydrogens is 258 g/mol. The molecule has 0 spiro atoms. The van der Waals surface area contributed by atoms with Gasteiger partial charge >= 0.3 is 0 Å². The molecule has 3 nitrogen and oxygen atoms in total. The Labute approximate surface area is 119 Å². The minimum absolute atomic E-state index is 0.773. The zero-order valence-corrected chi connectivity index (χ0v) is 12.5. The molecule has 2 aromatic rings. The second-order valence-corrected chi connectivity index (χ2v) is 5.11. The van der Waals surface area contributed by atoms with Crippen molar-refractivity contribution in [3.63, 3.8) is 0 Å². The van der Waals surface area contributed by atoms with Gasteiger partial charge in [-0.1, -0.05) is 24.6 Å². The van der Waals surface area contributed by atoms with Gasteiger partial charge in [-0.05, 0) is 43.7 Å². The van der Waals surface area contributed by atoms with E-state index < -0.39 is 0 Å². The lowest BCUT2D eigenvalue weighted by atomic mass is 10.0. The van der Waals surface area contributed by atoms with Gasteiger partial charge in [0.1, 0.15) is 0 Å². The first kappa shape index (κ1) is 14.1. The normalized spacial score (nSPS) is 10.9. The number of hydrogen-bond donors (Lipinski definition) is 1. The summed E-state index contributed by atoms with van der Waals surface area (Å²) >= 11 is 6.20. The molecule has 4 heteroatoms. The highest BCUT2D eigenvalue weighted by atomic mass is 35.5. The molecule has 0 aliphatic carbocycles. The van der Waals surface area contributed by atoms with Crippen LogP contribution in [0.4, 0.5) is 0 Å². The summed E-state index contributed by atoms with van der Waals surface area (Å²) in [6.07, 6.45) is 3.03. The van der Waals surface area contributed by atoms with E-state index in [2.05, 4.69) is 41.1 Å². The third-order valence-corrected chi connectivity index (χ3v) is 3.63. The van der Waals surface area contributed by atoms with Crippen LogP contribution in [0.3, 0.4) is 0 Å². The Morgan fingerprint density at radius 2 is 2.16 bits per heavy atom. The fourth-order valence-electron chi connectivity index (χ4n) is 2.24. The Balaban J connectivity index is 2.38. The Bertz CT molecular complexity index is 561. The third kappa shape index (κ3) is 2.99. The molecule has 1 aromatic carbocycles. The van der Waals surface area contributed by atoms with Gasteiger partial charge in [0.05, 0.1) is 6.20 Å². The lowest BCUT2D eigenvalue weighted by Gasteiger charge is -2.08. The highest BCUT2D eigenvalue weighted by molar-refractivity contribution is 6.31. The summed E-state index contributed by atoms with van der Waals surface area (Å²) in [7, 11) is 1.92. The lowest BCUT2D eigenvalue weighted by molar-refractivity contribution is 0.587. The lowest BCUT2D eigenvalue weighted by Crippen LogP contribution is -2.05. The number of nitrogens with one attached hydrogen (secondary N) is 1. The molecule has 0 unspecified atom stereocenters. The van der Waals surface area contributed by atoms with Gasteiger partial charge in [0.2, 0.25) is 0 Å². The smallest absolute Gasteiger partial charge is 0.0571 e. The van der Waals surface area contributed by atoms with E-state index in [9.17, 15) is 0 Å². The monoisotopic (exact) mass is 277 g/mol. The number of aryl methyl sites for hydroxylation is 1. The number of rotatable bonds is 5. The molecule has 102 valence electrons. The first-order valence-electron chi connectivity index (χ1n) is 6.63. The molecule has 0 fully saturated rings. The maximum atomic E-state index is 6.20. The average Bonchev–Trinajstić information content (AvgIpc) is 2.75. The first-order valence-corrected chi connectivity index (χ1v) is 7.01. The number of aromatic nitrogens is 2. The van der Waals surface area contributed by atoms with Crippen molar-refractivity contribution in [1.82, 2.24) is 15.1 Å². The third-order valence-electron chi connectivity index (χ3n) is 3.26. The standard InChI is InChI=1S/C15H20ClN3/c1-4-7-19-11(2)14(10-18-19)12-5-6-15(16)13(8-12)9-17-3/h5-6,8,10,17H,4,7,9H2,1-3H3. The Morgan fingerprint density at radius 1 is 1.37 bits per heavy atom. The number of halogens is 1. The van der Waals surface area contributed by atoms with Crippen LogP contribution in [0.1, 0.15) is 24.6 Å². The molecular formula is C15H20ClN3. The number of benzene rings is 1. The molecule has 1 heterocycles. The van der Waals surface area contributed by atoms with Gasteiger partial charge in [0.15, 0.2) is 0 Å². The maximum Gasteiger partial charge on any atom is 0.0571 e. The molecule has 0 atom stereocenters. The van der Waals surface area contributed by atoms with Gasteiger partial charge in [-0.25, -0.2) is 0 Å². The van der Waals surface area contributed by atoms with Crippen LogP contribution in [-0.4, -0.2) is 16.8 Å². The van der Waals surface area contributed by atoms with Crippen LogP contribution in [0, 0.1) is 6.92 Å². The van der Waals surface area contributed by atoms with Crippen LogP contribution >= 0.6 is 11.6 Å². The number of nitrogens with zero attached hydrogens (tertiary/aromatic N) is 2. The van der Waals surface area contributed by atoms with Gasteiger partial charge < -0.3 is 5.32 Å². The van der Waals surface area contributed by atoms with E-state index in [0.29, 0.717) is 0 Å². The highest BCUT2D eigenvalue weighted by Gasteiger charge is 2.10. The summed E-state index contributed by atoms with van der Waals surface area (Å²) in [6.45, 7) is 6.01. The molecule has 0 aliphatic heterocycles. The van der Waals surface area contributed by atoms with Gasteiger partial charge in [0.25, 0.3) is 0 Å².